The molecule has 162 valence electrons. The topological polar surface area (TPSA) is 0 Å². The molecular weight excluding hydrogens is 369 g/mol. The van der Waals surface area contributed by atoms with Crippen molar-refractivity contribution in [1.82, 2.24) is 0 Å². The first-order valence-electron chi connectivity index (χ1n) is 11.9. The standard InChI is InChI=1S/C26H37F3/c27-18-6-4-2-1-3-5-7-20-8-10-21(11-9-20)22-12-14-23(15-13-22)24-16-17-25(28)26(29)19-24/h6,16-23H,1-5,7-15H2/b18-6+/t20-,21-,22-,23-. The molecular formula is C26H37F3. The number of halogens is 3. The number of allylic oxidation sites excluding steroid dienone is 1. The van der Waals surface area contributed by atoms with Gasteiger partial charge in [-0.3, -0.25) is 0 Å². The van der Waals surface area contributed by atoms with Crippen LogP contribution in [0.1, 0.15) is 101 Å². The number of unbranched alkanes of at least 4 members (excludes halogenated alkanes) is 4. The van der Waals surface area contributed by atoms with Gasteiger partial charge >= 0.3 is 0 Å². The predicted octanol–water partition coefficient (Wildman–Crippen LogP) is 8.87. The van der Waals surface area contributed by atoms with E-state index in [-0.39, 0.29) is 0 Å². The van der Waals surface area contributed by atoms with Crippen LogP contribution >= 0.6 is 0 Å². The van der Waals surface area contributed by atoms with E-state index in [9.17, 15) is 13.2 Å². The number of hydrogen-bond acceptors (Lipinski definition) is 0. The fraction of sp³-hybridized carbons (Fsp3) is 0.692. The van der Waals surface area contributed by atoms with Crippen LogP contribution in [0.3, 0.4) is 0 Å². The van der Waals surface area contributed by atoms with Crippen molar-refractivity contribution >= 4 is 0 Å². The molecule has 0 aliphatic heterocycles. The third kappa shape index (κ3) is 6.89. The van der Waals surface area contributed by atoms with E-state index in [0.29, 0.717) is 12.2 Å². The van der Waals surface area contributed by atoms with Gasteiger partial charge in [0.15, 0.2) is 11.6 Å². The minimum absolute atomic E-state index is 0.401. The third-order valence-corrected chi connectivity index (χ3v) is 7.57. The lowest BCUT2D eigenvalue weighted by atomic mass is 9.68. The second-order valence-electron chi connectivity index (χ2n) is 9.42. The van der Waals surface area contributed by atoms with Gasteiger partial charge in [-0.2, -0.15) is 0 Å². The first-order chi connectivity index (χ1) is 14.2. The van der Waals surface area contributed by atoms with Crippen LogP contribution in [0.2, 0.25) is 0 Å². The molecule has 0 saturated heterocycles. The molecule has 29 heavy (non-hydrogen) atoms. The Labute approximate surface area is 175 Å². The highest BCUT2D eigenvalue weighted by Crippen LogP contribution is 2.44. The van der Waals surface area contributed by atoms with Crippen LogP contribution < -0.4 is 0 Å². The summed E-state index contributed by atoms with van der Waals surface area (Å²) in [4.78, 5) is 0. The van der Waals surface area contributed by atoms with Gasteiger partial charge in [-0.15, -0.1) is 0 Å². The summed E-state index contributed by atoms with van der Waals surface area (Å²) in [7, 11) is 0. The molecule has 2 saturated carbocycles. The SMILES string of the molecule is F/C=C/CCCCCC[C@H]1CC[C@H]([C@H]2CC[C@H](c3ccc(F)c(F)c3)CC2)CC1. The molecule has 0 unspecified atom stereocenters. The van der Waals surface area contributed by atoms with Crippen LogP contribution in [-0.2, 0) is 0 Å². The molecule has 0 radical (unpaired) electrons. The second-order valence-corrected chi connectivity index (χ2v) is 9.42. The zero-order valence-corrected chi connectivity index (χ0v) is 17.7. The molecule has 0 N–H and O–H groups in total. The van der Waals surface area contributed by atoms with E-state index in [0.717, 1.165) is 49.0 Å². The lowest BCUT2D eigenvalue weighted by Gasteiger charge is -2.38. The van der Waals surface area contributed by atoms with Gasteiger partial charge in [0.2, 0.25) is 0 Å². The van der Waals surface area contributed by atoms with Crippen LogP contribution in [0.25, 0.3) is 0 Å². The van der Waals surface area contributed by atoms with Crippen molar-refractivity contribution in [2.45, 2.75) is 95.8 Å². The highest BCUT2D eigenvalue weighted by molar-refractivity contribution is 5.22. The molecule has 2 aliphatic carbocycles. The van der Waals surface area contributed by atoms with Crippen molar-refractivity contribution in [1.29, 1.82) is 0 Å². The van der Waals surface area contributed by atoms with Crippen molar-refractivity contribution in [2.24, 2.45) is 17.8 Å². The zero-order valence-electron chi connectivity index (χ0n) is 17.7. The van der Waals surface area contributed by atoms with E-state index in [1.807, 2.05) is 0 Å². The van der Waals surface area contributed by atoms with Crippen molar-refractivity contribution < 1.29 is 13.2 Å². The second kappa shape index (κ2) is 11.8. The van der Waals surface area contributed by atoms with Crippen LogP contribution in [-0.4, -0.2) is 0 Å². The van der Waals surface area contributed by atoms with Crippen LogP contribution in [0.15, 0.2) is 30.6 Å². The van der Waals surface area contributed by atoms with Gasteiger partial charge in [0.1, 0.15) is 0 Å². The summed E-state index contributed by atoms with van der Waals surface area (Å²) < 4.78 is 38.6. The molecule has 0 amide bonds. The summed E-state index contributed by atoms with van der Waals surface area (Å²) in [5.74, 6) is 1.58. The molecule has 0 nitrogen and oxygen atoms in total. The molecule has 3 heteroatoms. The van der Waals surface area contributed by atoms with Gasteiger partial charge in [0.25, 0.3) is 0 Å². The molecule has 0 heterocycles. The van der Waals surface area contributed by atoms with Crippen molar-refractivity contribution in [3.05, 3.63) is 47.8 Å². The Kier molecular flexibility index (Phi) is 9.14. The Balaban J connectivity index is 1.31. The fourth-order valence-corrected chi connectivity index (χ4v) is 5.75. The molecule has 1 aromatic rings. The quantitative estimate of drug-likeness (QED) is 0.359. The van der Waals surface area contributed by atoms with E-state index in [4.69, 9.17) is 0 Å². The van der Waals surface area contributed by atoms with Gasteiger partial charge in [-0.05, 0) is 92.7 Å². The van der Waals surface area contributed by atoms with Crippen molar-refractivity contribution in [3.63, 3.8) is 0 Å². The summed E-state index contributed by atoms with van der Waals surface area (Å²) in [5, 5.41) is 0. The Morgan fingerprint density at radius 3 is 2.07 bits per heavy atom. The maximum atomic E-state index is 13.5. The van der Waals surface area contributed by atoms with Crippen LogP contribution in [0.5, 0.6) is 0 Å². The van der Waals surface area contributed by atoms with Gasteiger partial charge < -0.3 is 0 Å². The largest absolute Gasteiger partial charge is 0.216 e. The van der Waals surface area contributed by atoms with E-state index in [2.05, 4.69) is 0 Å². The Hall–Kier alpha value is -1.25. The summed E-state index contributed by atoms with van der Waals surface area (Å²) in [5.41, 5.74) is 0.978. The molecule has 0 atom stereocenters. The molecule has 2 aliphatic rings. The maximum absolute atomic E-state index is 13.5. The van der Waals surface area contributed by atoms with E-state index in [1.165, 1.54) is 76.3 Å². The van der Waals surface area contributed by atoms with Crippen molar-refractivity contribution in [2.75, 3.05) is 0 Å². The summed E-state index contributed by atoms with van der Waals surface area (Å²) in [6, 6.07) is 4.45. The monoisotopic (exact) mass is 406 g/mol. The van der Waals surface area contributed by atoms with Gasteiger partial charge in [-0.25, -0.2) is 13.2 Å². The average molecular weight is 407 g/mol. The molecule has 2 fully saturated rings. The summed E-state index contributed by atoms with van der Waals surface area (Å²) >= 11 is 0. The van der Waals surface area contributed by atoms with Gasteiger partial charge in [0.05, 0.1) is 6.33 Å². The molecule has 0 spiro atoms. The smallest absolute Gasteiger partial charge is 0.159 e. The first-order valence-corrected chi connectivity index (χ1v) is 11.9. The van der Waals surface area contributed by atoms with Gasteiger partial charge in [0, 0.05) is 0 Å². The third-order valence-electron chi connectivity index (χ3n) is 7.57. The lowest BCUT2D eigenvalue weighted by Crippen LogP contribution is -2.25. The minimum Gasteiger partial charge on any atom is -0.216 e. The van der Waals surface area contributed by atoms with Crippen molar-refractivity contribution in [3.8, 4) is 0 Å². The minimum atomic E-state index is -0.742. The molecule has 0 bridgehead atoms. The van der Waals surface area contributed by atoms with Crippen LogP contribution in [0.4, 0.5) is 13.2 Å². The maximum Gasteiger partial charge on any atom is 0.159 e. The fourth-order valence-electron chi connectivity index (χ4n) is 5.75. The summed E-state index contributed by atoms with van der Waals surface area (Å²) in [6.45, 7) is 0. The Morgan fingerprint density at radius 1 is 0.759 bits per heavy atom. The average Bonchev–Trinajstić information content (AvgIpc) is 2.76. The van der Waals surface area contributed by atoms with Crippen LogP contribution in [0, 0.1) is 29.4 Å². The normalized spacial score (nSPS) is 28.1. The first kappa shape index (κ1) is 22.4. The number of benzene rings is 1. The zero-order chi connectivity index (χ0) is 20.5. The number of rotatable bonds is 9. The highest BCUT2D eigenvalue weighted by Gasteiger charge is 2.31. The number of hydrogen-bond donors (Lipinski definition) is 0. The predicted molar refractivity (Wildman–Crippen MR) is 114 cm³/mol. The molecule has 0 aromatic heterocycles. The van der Waals surface area contributed by atoms with Gasteiger partial charge in [-0.1, -0.05) is 50.7 Å². The molecule has 3 rings (SSSR count). The van der Waals surface area contributed by atoms with E-state index >= 15 is 0 Å². The Morgan fingerprint density at radius 2 is 1.41 bits per heavy atom. The molecule has 1 aromatic carbocycles. The Bertz CT molecular complexity index is 623. The summed E-state index contributed by atoms with van der Waals surface area (Å²) in [6.07, 6.45) is 19.7. The highest BCUT2D eigenvalue weighted by atomic mass is 19.2. The lowest BCUT2D eigenvalue weighted by molar-refractivity contribution is 0.155. The van der Waals surface area contributed by atoms with E-state index < -0.39 is 11.6 Å². The van der Waals surface area contributed by atoms with E-state index in [1.54, 1.807) is 12.1 Å².